The zero-order valence-corrected chi connectivity index (χ0v) is 12.3. The highest BCUT2D eigenvalue weighted by atomic mass is 32.2. The normalized spacial score (nSPS) is 11.1. The van der Waals surface area contributed by atoms with Crippen molar-refractivity contribution >= 4 is 33.3 Å². The van der Waals surface area contributed by atoms with Gasteiger partial charge in [-0.05, 0) is 17.7 Å². The summed E-state index contributed by atoms with van der Waals surface area (Å²) in [5.74, 6) is 0.378. The molecule has 2 aromatic carbocycles. The Labute approximate surface area is 124 Å². The van der Waals surface area contributed by atoms with Gasteiger partial charge in [-0.15, -0.1) is 11.3 Å². The van der Waals surface area contributed by atoms with E-state index in [0.29, 0.717) is 16.9 Å². The predicted octanol–water partition coefficient (Wildman–Crippen LogP) is 4.19. The van der Waals surface area contributed by atoms with Crippen molar-refractivity contribution in [2.45, 2.75) is 16.6 Å². The van der Waals surface area contributed by atoms with Crippen LogP contribution in [0.4, 0.5) is 4.39 Å². The highest BCUT2D eigenvalue weighted by Crippen LogP contribution is 2.32. The van der Waals surface area contributed by atoms with Crippen LogP contribution < -0.4 is 5.73 Å². The average Bonchev–Trinajstić information content (AvgIpc) is 2.89. The van der Waals surface area contributed by atoms with Crippen LogP contribution in [0.15, 0.2) is 46.8 Å². The maximum Gasteiger partial charge on any atom is 0.151 e. The molecule has 1 aromatic heterocycles. The molecule has 3 rings (SSSR count). The number of thiazole rings is 1. The van der Waals surface area contributed by atoms with E-state index in [2.05, 4.69) is 4.98 Å². The maximum atomic E-state index is 14.1. The van der Waals surface area contributed by atoms with Gasteiger partial charge in [-0.2, -0.15) is 0 Å². The molecule has 1 heterocycles. The Morgan fingerprint density at radius 3 is 2.70 bits per heavy atom. The van der Waals surface area contributed by atoms with Crippen LogP contribution in [0.1, 0.15) is 11.1 Å². The molecule has 20 heavy (non-hydrogen) atoms. The smallest absolute Gasteiger partial charge is 0.151 e. The standard InChI is InChI=1S/C15H13FN2S2/c16-14-10(8-17)4-3-5-11(14)9-19-15-18-12-6-1-2-7-13(12)20-15/h1-7H,8-9,17H2. The topological polar surface area (TPSA) is 38.9 Å². The number of rotatable bonds is 4. The van der Waals surface area contributed by atoms with Gasteiger partial charge in [0.2, 0.25) is 0 Å². The molecule has 0 radical (unpaired) electrons. The van der Waals surface area contributed by atoms with Gasteiger partial charge in [-0.1, -0.05) is 42.1 Å². The van der Waals surface area contributed by atoms with E-state index in [9.17, 15) is 4.39 Å². The minimum absolute atomic E-state index is 0.191. The summed E-state index contributed by atoms with van der Waals surface area (Å²) < 4.78 is 16.2. The molecule has 102 valence electrons. The monoisotopic (exact) mass is 304 g/mol. The van der Waals surface area contributed by atoms with Gasteiger partial charge >= 0.3 is 0 Å². The van der Waals surface area contributed by atoms with Crippen LogP contribution in [0.3, 0.4) is 0 Å². The molecule has 3 aromatic rings. The van der Waals surface area contributed by atoms with Crippen molar-refractivity contribution in [1.82, 2.24) is 4.98 Å². The third kappa shape index (κ3) is 2.70. The number of aromatic nitrogens is 1. The van der Waals surface area contributed by atoms with Gasteiger partial charge in [0.15, 0.2) is 4.34 Å². The summed E-state index contributed by atoms with van der Waals surface area (Å²) >= 11 is 3.20. The Morgan fingerprint density at radius 1 is 1.10 bits per heavy atom. The van der Waals surface area contributed by atoms with Crippen molar-refractivity contribution in [1.29, 1.82) is 0 Å². The number of halogens is 1. The van der Waals surface area contributed by atoms with Crippen LogP contribution in [-0.4, -0.2) is 4.98 Å². The molecule has 0 bridgehead atoms. The highest BCUT2D eigenvalue weighted by molar-refractivity contribution is 8.00. The summed E-state index contributed by atoms with van der Waals surface area (Å²) in [4.78, 5) is 4.53. The lowest BCUT2D eigenvalue weighted by molar-refractivity contribution is 0.600. The molecule has 0 unspecified atom stereocenters. The molecule has 2 nitrogen and oxygen atoms in total. The molecule has 0 fully saturated rings. The lowest BCUT2D eigenvalue weighted by atomic mass is 10.1. The second-order valence-corrected chi connectivity index (χ2v) is 6.58. The van der Waals surface area contributed by atoms with E-state index in [1.807, 2.05) is 30.3 Å². The number of benzene rings is 2. The van der Waals surface area contributed by atoms with E-state index >= 15 is 0 Å². The number of hydrogen-bond acceptors (Lipinski definition) is 4. The first-order valence-electron chi connectivity index (χ1n) is 6.22. The minimum Gasteiger partial charge on any atom is -0.326 e. The van der Waals surface area contributed by atoms with Crippen molar-refractivity contribution < 1.29 is 4.39 Å². The number of para-hydroxylation sites is 1. The first-order valence-corrected chi connectivity index (χ1v) is 8.03. The maximum absolute atomic E-state index is 14.1. The van der Waals surface area contributed by atoms with Crippen molar-refractivity contribution in [2.75, 3.05) is 0 Å². The Morgan fingerprint density at radius 2 is 1.90 bits per heavy atom. The summed E-state index contributed by atoms with van der Waals surface area (Å²) in [6.07, 6.45) is 0. The van der Waals surface area contributed by atoms with Gasteiger partial charge < -0.3 is 5.73 Å². The van der Waals surface area contributed by atoms with Gasteiger partial charge in [0.1, 0.15) is 5.82 Å². The molecule has 0 aliphatic carbocycles. The SMILES string of the molecule is NCc1cccc(CSc2nc3ccccc3s2)c1F. The number of thioether (sulfide) groups is 1. The molecule has 0 aliphatic heterocycles. The van der Waals surface area contributed by atoms with Crippen molar-refractivity contribution in [3.8, 4) is 0 Å². The van der Waals surface area contributed by atoms with Gasteiger partial charge in [-0.25, -0.2) is 9.37 Å². The van der Waals surface area contributed by atoms with Gasteiger partial charge in [0.25, 0.3) is 0 Å². The van der Waals surface area contributed by atoms with Gasteiger partial charge in [0.05, 0.1) is 10.2 Å². The third-order valence-corrected chi connectivity index (χ3v) is 5.23. The summed E-state index contributed by atoms with van der Waals surface area (Å²) in [5.41, 5.74) is 7.76. The van der Waals surface area contributed by atoms with Crippen LogP contribution in [-0.2, 0) is 12.3 Å². The Bertz CT molecular complexity index is 707. The van der Waals surface area contributed by atoms with Crippen LogP contribution in [0.2, 0.25) is 0 Å². The minimum atomic E-state index is -0.191. The molecule has 0 aliphatic rings. The second-order valence-electron chi connectivity index (χ2n) is 4.33. The van der Waals surface area contributed by atoms with Crippen molar-refractivity contribution in [2.24, 2.45) is 5.73 Å². The fourth-order valence-electron chi connectivity index (χ4n) is 1.95. The van der Waals surface area contributed by atoms with Crippen LogP contribution in [0.25, 0.3) is 10.2 Å². The van der Waals surface area contributed by atoms with Gasteiger partial charge in [0, 0.05) is 17.9 Å². The summed E-state index contributed by atoms with van der Waals surface area (Å²) in [7, 11) is 0. The Hall–Kier alpha value is -1.43. The summed E-state index contributed by atoms with van der Waals surface area (Å²) in [6, 6.07) is 13.4. The van der Waals surface area contributed by atoms with E-state index in [0.717, 1.165) is 14.6 Å². The fraction of sp³-hybridized carbons (Fsp3) is 0.133. The largest absolute Gasteiger partial charge is 0.326 e. The van der Waals surface area contributed by atoms with E-state index in [-0.39, 0.29) is 12.4 Å². The molecule has 2 N–H and O–H groups in total. The predicted molar refractivity (Wildman–Crippen MR) is 83.5 cm³/mol. The van der Waals surface area contributed by atoms with E-state index in [1.54, 1.807) is 35.2 Å². The molecule has 5 heteroatoms. The Balaban J connectivity index is 1.79. The molecule has 0 spiro atoms. The van der Waals surface area contributed by atoms with Crippen LogP contribution >= 0.6 is 23.1 Å². The molecule has 0 amide bonds. The number of fused-ring (bicyclic) bond motifs is 1. The first kappa shape index (κ1) is 13.5. The zero-order valence-electron chi connectivity index (χ0n) is 10.7. The summed E-state index contributed by atoms with van der Waals surface area (Å²) in [6.45, 7) is 0.228. The molecular formula is C15H13FN2S2. The number of hydrogen-bond donors (Lipinski definition) is 1. The van der Waals surface area contributed by atoms with E-state index in [1.165, 1.54) is 0 Å². The highest BCUT2D eigenvalue weighted by Gasteiger charge is 2.09. The van der Waals surface area contributed by atoms with Gasteiger partial charge in [-0.3, -0.25) is 0 Å². The average molecular weight is 304 g/mol. The van der Waals surface area contributed by atoms with E-state index in [4.69, 9.17) is 5.73 Å². The molecule has 0 atom stereocenters. The third-order valence-electron chi connectivity index (χ3n) is 3.00. The lowest BCUT2D eigenvalue weighted by Gasteiger charge is -2.05. The van der Waals surface area contributed by atoms with E-state index < -0.39 is 0 Å². The van der Waals surface area contributed by atoms with Crippen LogP contribution in [0.5, 0.6) is 0 Å². The second kappa shape index (κ2) is 5.91. The van der Waals surface area contributed by atoms with Crippen molar-refractivity contribution in [3.63, 3.8) is 0 Å². The lowest BCUT2D eigenvalue weighted by Crippen LogP contribution is -2.02. The molecule has 0 saturated heterocycles. The Kier molecular flexibility index (Phi) is 4.00. The quantitative estimate of drug-likeness (QED) is 0.735. The summed E-state index contributed by atoms with van der Waals surface area (Å²) in [5, 5.41) is 0. The first-order chi connectivity index (χ1) is 9.78. The zero-order chi connectivity index (χ0) is 13.9. The fourth-order valence-corrected chi connectivity index (χ4v) is 4.00. The van der Waals surface area contributed by atoms with Crippen molar-refractivity contribution in [3.05, 3.63) is 59.4 Å². The number of nitrogens with two attached hydrogens (primary N) is 1. The molecular weight excluding hydrogens is 291 g/mol. The molecule has 0 saturated carbocycles. The number of nitrogens with zero attached hydrogens (tertiary/aromatic N) is 1. The van der Waals surface area contributed by atoms with Crippen LogP contribution in [0, 0.1) is 5.82 Å².